The Bertz CT molecular complexity index is 1600. The van der Waals surface area contributed by atoms with Crippen molar-refractivity contribution in [2.45, 2.75) is 25.8 Å². The first-order chi connectivity index (χ1) is 19.9. The Kier molecular flexibility index (Phi) is 8.71. The molecule has 1 aliphatic heterocycles. The summed E-state index contributed by atoms with van der Waals surface area (Å²) in [4.78, 5) is 49.8. The van der Waals surface area contributed by atoms with Crippen LogP contribution in [0.15, 0.2) is 78.0 Å². The third-order valence-corrected chi connectivity index (χ3v) is 7.16. The van der Waals surface area contributed by atoms with E-state index in [1.54, 1.807) is 47.3 Å². The quantitative estimate of drug-likeness (QED) is 0.262. The van der Waals surface area contributed by atoms with Crippen molar-refractivity contribution in [1.29, 1.82) is 0 Å². The molecule has 2 aromatic carbocycles. The molecule has 210 valence electrons. The number of phenolic OH excluding ortho intramolecular Hbond substituents is 1. The van der Waals surface area contributed by atoms with Gasteiger partial charge in [0.05, 0.1) is 16.3 Å². The van der Waals surface area contributed by atoms with Gasteiger partial charge in [0.2, 0.25) is 0 Å². The van der Waals surface area contributed by atoms with Crippen LogP contribution in [-0.2, 0) is 6.54 Å². The number of pyridine rings is 1. The maximum Gasteiger partial charge on any atom is 0.277 e. The molecule has 11 heteroatoms. The van der Waals surface area contributed by atoms with Gasteiger partial charge in [0.15, 0.2) is 0 Å². The summed E-state index contributed by atoms with van der Waals surface area (Å²) >= 11 is 5.85. The number of amides is 2. The summed E-state index contributed by atoms with van der Waals surface area (Å²) in [5, 5.41) is 16.1. The number of para-hydroxylation sites is 1. The lowest BCUT2D eigenvalue weighted by atomic mass is 10.1. The van der Waals surface area contributed by atoms with Crippen molar-refractivity contribution in [2.24, 2.45) is 0 Å². The molecule has 0 bridgehead atoms. The molecular weight excluding hydrogens is 544 g/mol. The van der Waals surface area contributed by atoms with Gasteiger partial charge in [-0.3, -0.25) is 14.4 Å². The van der Waals surface area contributed by atoms with Crippen LogP contribution in [0, 0.1) is 0 Å². The first kappa shape index (κ1) is 28.0. The highest BCUT2D eigenvalue weighted by Gasteiger charge is 2.19. The van der Waals surface area contributed by atoms with Crippen LogP contribution in [-0.4, -0.2) is 56.0 Å². The van der Waals surface area contributed by atoms with Crippen molar-refractivity contribution in [3.05, 3.63) is 99.7 Å². The Morgan fingerprint density at radius 1 is 0.902 bits per heavy atom. The highest BCUT2D eigenvalue weighted by molar-refractivity contribution is 6.30. The number of carbonyl (C=O) groups excluding carboxylic acids is 2. The number of nitrogens with one attached hydrogen (secondary N) is 2. The number of aromatic hydroxyl groups is 1. The second-order valence-electron chi connectivity index (χ2n) is 9.72. The summed E-state index contributed by atoms with van der Waals surface area (Å²) in [5.74, 6) is -1.13. The fraction of sp³-hybridized carbons (Fsp3) is 0.233. The zero-order valence-electron chi connectivity index (χ0n) is 22.2. The molecule has 3 heterocycles. The van der Waals surface area contributed by atoms with Crippen LogP contribution in [0.2, 0.25) is 5.02 Å². The average Bonchev–Trinajstić information content (AvgIpc) is 2.99. The maximum atomic E-state index is 13.1. The van der Waals surface area contributed by atoms with Gasteiger partial charge in [-0.15, -0.1) is 0 Å². The van der Waals surface area contributed by atoms with Crippen molar-refractivity contribution >= 4 is 34.9 Å². The lowest BCUT2D eigenvalue weighted by molar-refractivity contribution is 0.102. The molecule has 0 spiro atoms. The van der Waals surface area contributed by atoms with Crippen molar-refractivity contribution < 1.29 is 14.7 Å². The molecule has 0 atom stereocenters. The minimum atomic E-state index is -0.576. The van der Waals surface area contributed by atoms with Gasteiger partial charge < -0.3 is 25.2 Å². The Balaban J connectivity index is 1.29. The van der Waals surface area contributed by atoms with Crippen molar-refractivity contribution in [3.63, 3.8) is 0 Å². The molecule has 0 radical (unpaired) electrons. The number of nitrogens with zero attached hydrogens (tertiary/aromatic N) is 4. The average molecular weight is 573 g/mol. The largest absolute Gasteiger partial charge is 0.506 e. The molecule has 0 aliphatic carbocycles. The minimum absolute atomic E-state index is 0.0466. The van der Waals surface area contributed by atoms with Gasteiger partial charge in [0, 0.05) is 42.8 Å². The third kappa shape index (κ3) is 6.79. The van der Waals surface area contributed by atoms with Gasteiger partial charge in [-0.05, 0) is 62.3 Å². The molecule has 10 nitrogen and oxygen atoms in total. The summed E-state index contributed by atoms with van der Waals surface area (Å²) in [6.45, 7) is 3.51. The van der Waals surface area contributed by atoms with E-state index in [9.17, 15) is 19.5 Å². The van der Waals surface area contributed by atoms with Crippen LogP contribution in [0.4, 0.5) is 11.5 Å². The maximum absolute atomic E-state index is 13.1. The molecule has 4 aromatic rings. The van der Waals surface area contributed by atoms with Crippen LogP contribution in [0.3, 0.4) is 0 Å². The number of halogens is 1. The van der Waals surface area contributed by atoms with Crippen molar-refractivity contribution in [2.75, 3.05) is 30.3 Å². The lowest BCUT2D eigenvalue weighted by Gasteiger charge is -2.26. The number of piperidine rings is 1. The lowest BCUT2D eigenvalue weighted by Crippen LogP contribution is -2.35. The van der Waals surface area contributed by atoms with Gasteiger partial charge in [-0.1, -0.05) is 36.2 Å². The number of carbonyl (C=O) groups is 2. The zero-order chi connectivity index (χ0) is 28.8. The molecule has 5 rings (SSSR count). The number of benzene rings is 2. The number of phenols is 1. The van der Waals surface area contributed by atoms with E-state index in [-0.39, 0.29) is 33.9 Å². The SMILES string of the molecule is O=C(Nc1c(O)cccc1C(=O)Nc1ccc(Cl)cn1)c1ccc(-c2nccn(CCN3CCCCC3)c2=O)cc1. The second kappa shape index (κ2) is 12.8. The second-order valence-corrected chi connectivity index (χ2v) is 10.2. The molecule has 2 amide bonds. The van der Waals surface area contributed by atoms with E-state index in [0.29, 0.717) is 22.8 Å². The van der Waals surface area contributed by atoms with Crippen LogP contribution < -0.4 is 16.2 Å². The van der Waals surface area contributed by atoms with Gasteiger partial charge >= 0.3 is 0 Å². The Labute approximate surface area is 241 Å². The topological polar surface area (TPSA) is 129 Å². The highest BCUT2D eigenvalue weighted by atomic mass is 35.5. The number of anilines is 2. The summed E-state index contributed by atoms with van der Waals surface area (Å²) in [7, 11) is 0. The van der Waals surface area contributed by atoms with E-state index in [1.165, 1.54) is 49.7 Å². The summed E-state index contributed by atoms with van der Waals surface area (Å²) in [6, 6.07) is 13.9. The fourth-order valence-electron chi connectivity index (χ4n) is 4.71. The van der Waals surface area contributed by atoms with E-state index in [1.807, 2.05) is 0 Å². The normalized spacial score (nSPS) is 13.5. The van der Waals surface area contributed by atoms with E-state index in [4.69, 9.17) is 11.6 Å². The monoisotopic (exact) mass is 572 g/mol. The first-order valence-corrected chi connectivity index (χ1v) is 13.7. The molecule has 0 saturated carbocycles. The van der Waals surface area contributed by atoms with Crippen molar-refractivity contribution in [3.8, 4) is 17.0 Å². The predicted octanol–water partition coefficient (Wildman–Crippen LogP) is 4.65. The zero-order valence-corrected chi connectivity index (χ0v) is 23.0. The Morgan fingerprint density at radius 2 is 1.68 bits per heavy atom. The number of likely N-dealkylation sites (tertiary alicyclic amines) is 1. The van der Waals surface area contributed by atoms with E-state index in [2.05, 4.69) is 25.5 Å². The summed E-state index contributed by atoms with van der Waals surface area (Å²) in [6.07, 6.45) is 8.33. The minimum Gasteiger partial charge on any atom is -0.506 e. The molecule has 1 saturated heterocycles. The fourth-order valence-corrected chi connectivity index (χ4v) is 4.82. The van der Waals surface area contributed by atoms with Crippen LogP contribution in [0.1, 0.15) is 40.0 Å². The van der Waals surface area contributed by atoms with Crippen LogP contribution in [0.5, 0.6) is 5.75 Å². The Hall–Kier alpha value is -4.54. The number of hydrogen-bond acceptors (Lipinski definition) is 7. The smallest absolute Gasteiger partial charge is 0.277 e. The number of rotatable bonds is 8. The summed E-state index contributed by atoms with van der Waals surface area (Å²) in [5.41, 5.74) is 0.955. The van der Waals surface area contributed by atoms with Gasteiger partial charge in [0.1, 0.15) is 17.3 Å². The van der Waals surface area contributed by atoms with E-state index < -0.39 is 11.8 Å². The molecule has 1 aliphatic rings. The van der Waals surface area contributed by atoms with E-state index in [0.717, 1.165) is 19.6 Å². The molecule has 1 fully saturated rings. The van der Waals surface area contributed by atoms with Crippen molar-refractivity contribution in [1.82, 2.24) is 19.4 Å². The molecule has 2 aromatic heterocycles. The highest BCUT2D eigenvalue weighted by Crippen LogP contribution is 2.29. The van der Waals surface area contributed by atoms with Gasteiger partial charge in [-0.25, -0.2) is 9.97 Å². The standard InChI is InChI=1S/C30H29ClN6O4/c31-22-11-12-25(33-19-22)34-29(40)23-5-4-6-24(38)27(23)35-28(39)21-9-7-20(8-10-21)26-30(41)37(16-13-32-26)18-17-36-14-2-1-3-15-36/h4-13,16,19,38H,1-3,14-15,17-18H2,(H,35,39)(H,33,34,40). The van der Waals surface area contributed by atoms with E-state index >= 15 is 0 Å². The molecule has 3 N–H and O–H groups in total. The third-order valence-electron chi connectivity index (χ3n) is 6.93. The number of aromatic nitrogens is 3. The molecule has 0 unspecified atom stereocenters. The predicted molar refractivity (Wildman–Crippen MR) is 157 cm³/mol. The van der Waals surface area contributed by atoms with Gasteiger partial charge in [-0.2, -0.15) is 0 Å². The number of hydrogen-bond donors (Lipinski definition) is 3. The first-order valence-electron chi connectivity index (χ1n) is 13.3. The molecule has 41 heavy (non-hydrogen) atoms. The van der Waals surface area contributed by atoms with Crippen LogP contribution >= 0.6 is 11.6 Å². The summed E-state index contributed by atoms with van der Waals surface area (Å²) < 4.78 is 1.67. The van der Waals surface area contributed by atoms with Gasteiger partial charge in [0.25, 0.3) is 17.4 Å². The molecular formula is C30H29ClN6O4. The Morgan fingerprint density at radius 3 is 2.41 bits per heavy atom. The van der Waals surface area contributed by atoms with Crippen LogP contribution in [0.25, 0.3) is 11.3 Å².